The highest BCUT2D eigenvalue weighted by Gasteiger charge is 2.14. The van der Waals surface area contributed by atoms with E-state index in [2.05, 4.69) is 60.6 Å². The topological polar surface area (TPSA) is 0 Å². The van der Waals surface area contributed by atoms with Crippen molar-refractivity contribution in [3.8, 4) is 0 Å². The highest BCUT2D eigenvalue weighted by Crippen LogP contribution is 2.28. The summed E-state index contributed by atoms with van der Waals surface area (Å²) in [4.78, 5) is 0. The zero-order valence-electron chi connectivity index (χ0n) is 10.2. The maximum atomic E-state index is 2.32. The predicted molar refractivity (Wildman–Crippen MR) is 61.8 cm³/mol. The minimum Gasteiger partial charge on any atom is -0.0839 e. The van der Waals surface area contributed by atoms with Crippen LogP contribution >= 0.6 is 0 Å². The van der Waals surface area contributed by atoms with E-state index in [4.69, 9.17) is 0 Å². The zero-order chi connectivity index (χ0) is 10.6. The lowest BCUT2D eigenvalue weighted by Gasteiger charge is -2.21. The number of rotatable bonds is 2. The van der Waals surface area contributed by atoms with Gasteiger partial charge in [-0.2, -0.15) is 0 Å². The second-order valence-corrected chi connectivity index (χ2v) is 5.04. The van der Waals surface area contributed by atoms with E-state index in [1.807, 2.05) is 0 Å². The summed E-state index contributed by atoms with van der Waals surface area (Å²) in [5.74, 6) is 0.650. The average Bonchev–Trinajstić information content (AvgIpc) is 1.96. The van der Waals surface area contributed by atoms with Gasteiger partial charge in [0, 0.05) is 0 Å². The maximum absolute atomic E-state index is 2.32. The minimum atomic E-state index is 0.269. The Kier molecular flexibility index (Phi) is 4.46. The lowest BCUT2D eigenvalue weighted by Crippen LogP contribution is -2.08. The third-order valence-electron chi connectivity index (χ3n) is 2.47. The molecule has 0 heterocycles. The van der Waals surface area contributed by atoms with Crippen molar-refractivity contribution < 1.29 is 0 Å². The van der Waals surface area contributed by atoms with Gasteiger partial charge in [0.2, 0.25) is 0 Å². The van der Waals surface area contributed by atoms with Crippen LogP contribution in [0, 0.1) is 11.3 Å². The Morgan fingerprint density at radius 2 is 1.62 bits per heavy atom. The molecule has 0 spiro atoms. The van der Waals surface area contributed by atoms with Crippen LogP contribution < -0.4 is 0 Å². The van der Waals surface area contributed by atoms with E-state index in [0.717, 1.165) is 0 Å². The molecular weight excluding hydrogens is 156 g/mol. The Hall–Kier alpha value is -0.520. The summed E-state index contributed by atoms with van der Waals surface area (Å²) >= 11 is 0. The molecule has 0 fully saturated rings. The van der Waals surface area contributed by atoms with E-state index in [1.165, 1.54) is 11.1 Å². The first-order valence-corrected chi connectivity index (χ1v) is 5.14. The molecule has 0 heteroatoms. The molecule has 0 bridgehead atoms. The van der Waals surface area contributed by atoms with Gasteiger partial charge in [-0.05, 0) is 30.8 Å². The van der Waals surface area contributed by atoms with Crippen molar-refractivity contribution in [2.45, 2.75) is 48.5 Å². The molecule has 0 N–H and O–H groups in total. The van der Waals surface area contributed by atoms with E-state index in [9.17, 15) is 0 Å². The Bertz CT molecular complexity index is 209. The Morgan fingerprint density at radius 3 is 1.85 bits per heavy atom. The highest BCUT2D eigenvalue weighted by molar-refractivity contribution is 5.27. The second kappa shape index (κ2) is 4.64. The molecule has 0 unspecified atom stereocenters. The fraction of sp³-hybridized carbons (Fsp3) is 0.692. The molecule has 0 rings (SSSR count). The normalized spacial score (nSPS) is 15.4. The first kappa shape index (κ1) is 12.5. The van der Waals surface area contributed by atoms with Crippen molar-refractivity contribution in [1.82, 2.24) is 0 Å². The van der Waals surface area contributed by atoms with Crippen LogP contribution in [0.5, 0.6) is 0 Å². The van der Waals surface area contributed by atoms with Gasteiger partial charge in [-0.3, -0.25) is 0 Å². The smallest absolute Gasteiger partial charge is 0.0135 e. The van der Waals surface area contributed by atoms with Gasteiger partial charge < -0.3 is 0 Å². The van der Waals surface area contributed by atoms with E-state index in [1.54, 1.807) is 0 Å². The number of allylic oxidation sites excluding steroid dienone is 4. The van der Waals surface area contributed by atoms with Gasteiger partial charge in [-0.15, -0.1) is 0 Å². The molecule has 0 atom stereocenters. The molecule has 0 aromatic carbocycles. The molecule has 0 aliphatic rings. The van der Waals surface area contributed by atoms with Crippen LogP contribution in [0.2, 0.25) is 0 Å². The van der Waals surface area contributed by atoms with Crippen LogP contribution in [-0.2, 0) is 0 Å². The van der Waals surface area contributed by atoms with Crippen LogP contribution in [0.25, 0.3) is 0 Å². The molecule has 0 nitrogen and oxygen atoms in total. The van der Waals surface area contributed by atoms with Crippen molar-refractivity contribution in [2.75, 3.05) is 0 Å². The monoisotopic (exact) mass is 180 g/mol. The Balaban J connectivity index is 4.77. The third-order valence-corrected chi connectivity index (χ3v) is 2.47. The van der Waals surface area contributed by atoms with Gasteiger partial charge in [0.15, 0.2) is 0 Å². The zero-order valence-corrected chi connectivity index (χ0v) is 10.2. The summed E-state index contributed by atoms with van der Waals surface area (Å²) in [6, 6.07) is 0. The molecule has 0 aliphatic heterocycles. The van der Waals surface area contributed by atoms with E-state index in [-0.39, 0.29) is 5.41 Å². The van der Waals surface area contributed by atoms with Gasteiger partial charge in [0.25, 0.3) is 0 Å². The Labute approximate surface area is 83.7 Å². The summed E-state index contributed by atoms with van der Waals surface area (Å²) in [6.45, 7) is 15.6. The quantitative estimate of drug-likeness (QED) is 0.546. The first-order valence-electron chi connectivity index (χ1n) is 5.14. The SMILES string of the molecule is C/C=C(\C=C(/C)C(C)C)C(C)(C)C. The average molecular weight is 180 g/mol. The molecule has 0 aromatic heterocycles. The van der Waals surface area contributed by atoms with E-state index < -0.39 is 0 Å². The van der Waals surface area contributed by atoms with Crippen LogP contribution in [0.3, 0.4) is 0 Å². The molecule has 0 aliphatic carbocycles. The van der Waals surface area contributed by atoms with Crippen molar-refractivity contribution >= 4 is 0 Å². The van der Waals surface area contributed by atoms with Gasteiger partial charge in [-0.25, -0.2) is 0 Å². The molecular formula is C13H24. The fourth-order valence-corrected chi connectivity index (χ4v) is 1.14. The summed E-state index contributed by atoms with van der Waals surface area (Å²) in [5.41, 5.74) is 3.16. The maximum Gasteiger partial charge on any atom is -0.0135 e. The standard InChI is InChI=1S/C13H24/c1-8-12(13(5,6)7)9-11(4)10(2)3/h8-10H,1-7H3/b11-9+,12-8+. The van der Waals surface area contributed by atoms with Crippen molar-refractivity contribution in [3.63, 3.8) is 0 Å². The van der Waals surface area contributed by atoms with Gasteiger partial charge >= 0.3 is 0 Å². The summed E-state index contributed by atoms with van der Waals surface area (Å²) in [7, 11) is 0. The first-order chi connectivity index (χ1) is 5.79. The van der Waals surface area contributed by atoms with Crippen LogP contribution in [0.15, 0.2) is 23.3 Å². The Morgan fingerprint density at radius 1 is 1.15 bits per heavy atom. The lowest BCUT2D eigenvalue weighted by molar-refractivity contribution is 0.514. The number of hydrogen-bond donors (Lipinski definition) is 0. The van der Waals surface area contributed by atoms with E-state index in [0.29, 0.717) is 5.92 Å². The fourth-order valence-electron chi connectivity index (χ4n) is 1.14. The molecule has 0 radical (unpaired) electrons. The van der Waals surface area contributed by atoms with Crippen LogP contribution in [0.1, 0.15) is 48.5 Å². The number of hydrogen-bond acceptors (Lipinski definition) is 0. The summed E-state index contributed by atoms with van der Waals surface area (Å²) < 4.78 is 0. The van der Waals surface area contributed by atoms with Crippen molar-refractivity contribution in [2.24, 2.45) is 11.3 Å². The second-order valence-electron chi connectivity index (χ2n) is 5.04. The van der Waals surface area contributed by atoms with Gasteiger partial charge in [-0.1, -0.05) is 52.3 Å². The molecule has 0 saturated heterocycles. The van der Waals surface area contributed by atoms with Crippen LogP contribution in [0.4, 0.5) is 0 Å². The van der Waals surface area contributed by atoms with Crippen molar-refractivity contribution in [1.29, 1.82) is 0 Å². The summed E-state index contributed by atoms with van der Waals surface area (Å²) in [5, 5.41) is 0. The van der Waals surface area contributed by atoms with Crippen LogP contribution in [-0.4, -0.2) is 0 Å². The predicted octanol–water partition coefficient (Wildman–Crippen LogP) is 4.58. The molecule has 76 valence electrons. The summed E-state index contributed by atoms with van der Waals surface area (Å²) in [6.07, 6.45) is 4.54. The van der Waals surface area contributed by atoms with E-state index >= 15 is 0 Å². The molecule has 0 saturated carbocycles. The molecule has 13 heavy (non-hydrogen) atoms. The van der Waals surface area contributed by atoms with Gasteiger partial charge in [0.05, 0.1) is 0 Å². The third kappa shape index (κ3) is 4.31. The molecule has 0 aromatic rings. The van der Waals surface area contributed by atoms with Crippen molar-refractivity contribution in [3.05, 3.63) is 23.3 Å². The largest absolute Gasteiger partial charge is 0.0839 e. The highest BCUT2D eigenvalue weighted by atomic mass is 14.2. The van der Waals surface area contributed by atoms with Gasteiger partial charge in [0.1, 0.15) is 0 Å². The molecule has 0 amide bonds. The lowest BCUT2D eigenvalue weighted by atomic mass is 9.84. The minimum absolute atomic E-state index is 0.269.